The minimum absolute atomic E-state index is 0.0119. The number of carbonyl (C=O) groups is 2. The van der Waals surface area contributed by atoms with E-state index in [2.05, 4.69) is 0 Å². The third kappa shape index (κ3) is 4.15. The van der Waals surface area contributed by atoms with E-state index in [1.165, 1.54) is 38.4 Å². The highest BCUT2D eigenvalue weighted by atomic mass is 32.2. The van der Waals surface area contributed by atoms with Crippen LogP contribution in [-0.2, 0) is 19.6 Å². The van der Waals surface area contributed by atoms with E-state index in [-0.39, 0.29) is 22.8 Å². The van der Waals surface area contributed by atoms with Crippen LogP contribution in [0.1, 0.15) is 23.2 Å². The molecule has 2 aliphatic rings. The normalized spacial score (nSPS) is 20.9. The van der Waals surface area contributed by atoms with Gasteiger partial charge in [0, 0.05) is 52.4 Å². The SMILES string of the molecule is CN(C)S(=O)(=O)c1ccc(C(=O)N2CCN(C(=O)[C@H]3CCCO3)CC2)cc1. The van der Waals surface area contributed by atoms with Gasteiger partial charge in [0.2, 0.25) is 10.0 Å². The molecule has 0 aliphatic carbocycles. The molecule has 2 saturated heterocycles. The second kappa shape index (κ2) is 7.95. The molecule has 0 radical (unpaired) electrons. The van der Waals surface area contributed by atoms with Crippen molar-refractivity contribution in [2.45, 2.75) is 23.8 Å². The van der Waals surface area contributed by atoms with E-state index >= 15 is 0 Å². The molecule has 3 rings (SSSR count). The van der Waals surface area contributed by atoms with E-state index in [1.54, 1.807) is 9.80 Å². The first-order valence-corrected chi connectivity index (χ1v) is 10.5. The van der Waals surface area contributed by atoms with Gasteiger partial charge in [-0.3, -0.25) is 9.59 Å². The average molecular weight is 395 g/mol. The van der Waals surface area contributed by atoms with Gasteiger partial charge in [-0.1, -0.05) is 0 Å². The Morgan fingerprint density at radius 1 is 1.04 bits per heavy atom. The summed E-state index contributed by atoms with van der Waals surface area (Å²) in [7, 11) is -0.589. The molecule has 1 aromatic rings. The number of nitrogens with zero attached hydrogens (tertiary/aromatic N) is 3. The summed E-state index contributed by atoms with van der Waals surface area (Å²) in [6, 6.07) is 5.95. The molecule has 2 fully saturated rings. The van der Waals surface area contributed by atoms with Crippen molar-refractivity contribution < 1.29 is 22.7 Å². The summed E-state index contributed by atoms with van der Waals surface area (Å²) in [5.41, 5.74) is 0.437. The smallest absolute Gasteiger partial charge is 0.253 e. The fourth-order valence-electron chi connectivity index (χ4n) is 3.27. The third-order valence-electron chi connectivity index (χ3n) is 4.96. The fraction of sp³-hybridized carbons (Fsp3) is 0.556. The number of rotatable bonds is 4. The van der Waals surface area contributed by atoms with Crippen molar-refractivity contribution in [3.8, 4) is 0 Å². The van der Waals surface area contributed by atoms with E-state index < -0.39 is 10.0 Å². The molecular formula is C18H25N3O5S. The van der Waals surface area contributed by atoms with Crippen molar-refractivity contribution in [3.63, 3.8) is 0 Å². The number of amides is 2. The monoisotopic (exact) mass is 395 g/mol. The number of carbonyl (C=O) groups excluding carboxylic acids is 2. The predicted molar refractivity (Wildman–Crippen MR) is 98.8 cm³/mol. The van der Waals surface area contributed by atoms with Gasteiger partial charge >= 0.3 is 0 Å². The van der Waals surface area contributed by atoms with Gasteiger partial charge < -0.3 is 14.5 Å². The molecule has 1 aromatic carbocycles. The lowest BCUT2D eigenvalue weighted by atomic mass is 10.1. The molecule has 27 heavy (non-hydrogen) atoms. The molecule has 0 unspecified atom stereocenters. The molecule has 0 spiro atoms. The Bertz CT molecular complexity index is 793. The highest BCUT2D eigenvalue weighted by Crippen LogP contribution is 2.18. The molecule has 0 bridgehead atoms. The number of sulfonamides is 1. The molecule has 1 atom stereocenters. The average Bonchev–Trinajstić information content (AvgIpc) is 3.22. The number of hydrogen-bond acceptors (Lipinski definition) is 5. The van der Waals surface area contributed by atoms with Gasteiger partial charge in [-0.05, 0) is 37.1 Å². The zero-order valence-corrected chi connectivity index (χ0v) is 16.4. The van der Waals surface area contributed by atoms with Crippen LogP contribution in [0.25, 0.3) is 0 Å². The summed E-state index contributed by atoms with van der Waals surface area (Å²) in [6.45, 7) is 2.51. The van der Waals surface area contributed by atoms with Crippen molar-refractivity contribution in [1.29, 1.82) is 0 Å². The second-order valence-electron chi connectivity index (χ2n) is 6.93. The third-order valence-corrected chi connectivity index (χ3v) is 6.79. The second-order valence-corrected chi connectivity index (χ2v) is 9.08. The van der Waals surface area contributed by atoms with Crippen molar-refractivity contribution in [2.75, 3.05) is 46.9 Å². The molecule has 2 amide bonds. The molecule has 0 saturated carbocycles. The zero-order chi connectivity index (χ0) is 19.6. The Morgan fingerprint density at radius 2 is 1.63 bits per heavy atom. The van der Waals surface area contributed by atoms with E-state index in [1.807, 2.05) is 0 Å². The molecule has 0 aromatic heterocycles. The van der Waals surface area contributed by atoms with Gasteiger partial charge in [-0.2, -0.15) is 0 Å². The summed E-state index contributed by atoms with van der Waals surface area (Å²) in [4.78, 5) is 28.6. The Hall–Kier alpha value is -1.97. The highest BCUT2D eigenvalue weighted by molar-refractivity contribution is 7.89. The van der Waals surface area contributed by atoms with Gasteiger partial charge in [-0.15, -0.1) is 0 Å². The Labute approximate surface area is 159 Å². The molecule has 8 nitrogen and oxygen atoms in total. The van der Waals surface area contributed by atoms with Gasteiger partial charge in [-0.25, -0.2) is 12.7 Å². The maximum absolute atomic E-state index is 12.7. The van der Waals surface area contributed by atoms with Gasteiger partial charge in [0.25, 0.3) is 11.8 Å². The van der Waals surface area contributed by atoms with Crippen LogP contribution in [0, 0.1) is 0 Å². The summed E-state index contributed by atoms with van der Waals surface area (Å²) in [5, 5.41) is 0. The molecule has 2 aliphatic heterocycles. The Kier molecular flexibility index (Phi) is 5.83. The standard InChI is InChI=1S/C18H25N3O5S/c1-19(2)27(24,25)15-7-5-14(6-8-15)17(22)20-9-11-21(12-10-20)18(23)16-4-3-13-26-16/h5-8,16H,3-4,9-13H2,1-2H3/t16-/m1/s1. The lowest BCUT2D eigenvalue weighted by Gasteiger charge is -2.35. The first-order chi connectivity index (χ1) is 12.8. The van der Waals surface area contributed by atoms with E-state index in [9.17, 15) is 18.0 Å². The lowest BCUT2D eigenvalue weighted by Crippen LogP contribution is -2.52. The Morgan fingerprint density at radius 3 is 2.15 bits per heavy atom. The van der Waals surface area contributed by atoms with Crippen LogP contribution in [0.2, 0.25) is 0 Å². The number of benzene rings is 1. The fourth-order valence-corrected chi connectivity index (χ4v) is 4.17. The largest absolute Gasteiger partial charge is 0.368 e. The Balaban J connectivity index is 1.60. The van der Waals surface area contributed by atoms with Crippen LogP contribution in [0.4, 0.5) is 0 Å². The van der Waals surface area contributed by atoms with Crippen molar-refractivity contribution in [3.05, 3.63) is 29.8 Å². The number of ether oxygens (including phenoxy) is 1. The van der Waals surface area contributed by atoms with E-state index in [4.69, 9.17) is 4.74 Å². The first-order valence-electron chi connectivity index (χ1n) is 9.03. The quantitative estimate of drug-likeness (QED) is 0.737. The van der Waals surface area contributed by atoms with Crippen LogP contribution in [-0.4, -0.2) is 87.3 Å². The van der Waals surface area contributed by atoms with Crippen molar-refractivity contribution in [1.82, 2.24) is 14.1 Å². The molecule has 2 heterocycles. The van der Waals surface area contributed by atoms with E-state index in [0.717, 1.165) is 17.1 Å². The molecule has 148 valence electrons. The lowest BCUT2D eigenvalue weighted by molar-refractivity contribution is -0.142. The maximum Gasteiger partial charge on any atom is 0.253 e. The van der Waals surface area contributed by atoms with Gasteiger partial charge in [0.1, 0.15) is 6.10 Å². The minimum Gasteiger partial charge on any atom is -0.368 e. The highest BCUT2D eigenvalue weighted by Gasteiger charge is 2.31. The van der Waals surface area contributed by atoms with Crippen LogP contribution in [0.5, 0.6) is 0 Å². The van der Waals surface area contributed by atoms with Gasteiger partial charge in [0.05, 0.1) is 4.90 Å². The molecule has 9 heteroatoms. The van der Waals surface area contributed by atoms with Crippen molar-refractivity contribution >= 4 is 21.8 Å². The van der Waals surface area contributed by atoms with Crippen molar-refractivity contribution in [2.24, 2.45) is 0 Å². The van der Waals surface area contributed by atoms with Crippen LogP contribution < -0.4 is 0 Å². The minimum atomic E-state index is -3.52. The summed E-state index contributed by atoms with van der Waals surface area (Å²) < 4.78 is 30.8. The van der Waals surface area contributed by atoms with E-state index in [0.29, 0.717) is 38.3 Å². The van der Waals surface area contributed by atoms with Crippen LogP contribution in [0.3, 0.4) is 0 Å². The maximum atomic E-state index is 12.7. The zero-order valence-electron chi connectivity index (χ0n) is 15.6. The van der Waals surface area contributed by atoms with Crippen LogP contribution >= 0.6 is 0 Å². The summed E-state index contributed by atoms with van der Waals surface area (Å²) >= 11 is 0. The number of piperazine rings is 1. The van der Waals surface area contributed by atoms with Crippen LogP contribution in [0.15, 0.2) is 29.2 Å². The predicted octanol–water partition coefficient (Wildman–Crippen LogP) is 0.400. The van der Waals surface area contributed by atoms with Gasteiger partial charge in [0.15, 0.2) is 0 Å². The summed E-state index contributed by atoms with van der Waals surface area (Å²) in [5.74, 6) is -0.147. The summed E-state index contributed by atoms with van der Waals surface area (Å²) in [6.07, 6.45) is 1.34. The molecule has 0 N–H and O–H groups in total. The topological polar surface area (TPSA) is 87.2 Å². The number of hydrogen-bond donors (Lipinski definition) is 0. The molecular weight excluding hydrogens is 370 g/mol. The first kappa shape index (κ1) is 19.8.